The van der Waals surface area contributed by atoms with Crippen molar-refractivity contribution in [3.63, 3.8) is 0 Å². The Morgan fingerprint density at radius 2 is 2.38 bits per heavy atom. The molecule has 0 amide bonds. The van der Waals surface area contributed by atoms with Crippen LogP contribution in [0.4, 0.5) is 0 Å². The summed E-state index contributed by atoms with van der Waals surface area (Å²) in [5, 5.41) is 0. The van der Waals surface area contributed by atoms with Gasteiger partial charge in [-0.3, -0.25) is 9.88 Å². The summed E-state index contributed by atoms with van der Waals surface area (Å²) in [6, 6.07) is 5.85. The molecule has 0 fully saturated rings. The molecule has 0 radical (unpaired) electrons. The maximum atomic E-state index is 5.42. The first-order valence-corrected chi connectivity index (χ1v) is 4.46. The highest BCUT2D eigenvalue weighted by atomic mass is 32.1. The molecule has 4 heteroatoms. The fourth-order valence-corrected chi connectivity index (χ4v) is 1.31. The zero-order valence-corrected chi connectivity index (χ0v) is 8.42. The predicted molar refractivity (Wildman–Crippen MR) is 57.4 cm³/mol. The van der Waals surface area contributed by atoms with E-state index in [2.05, 4.69) is 4.98 Å². The molecule has 0 unspecified atom stereocenters. The van der Waals surface area contributed by atoms with E-state index in [4.69, 9.17) is 18.0 Å². The van der Waals surface area contributed by atoms with Gasteiger partial charge in [0.1, 0.15) is 0 Å². The molecule has 0 saturated carbocycles. The van der Waals surface area contributed by atoms with Gasteiger partial charge in [-0.1, -0.05) is 18.3 Å². The molecular weight excluding hydrogens is 182 g/mol. The lowest BCUT2D eigenvalue weighted by Gasteiger charge is -2.14. The van der Waals surface area contributed by atoms with Gasteiger partial charge in [-0.2, -0.15) is 0 Å². The molecule has 2 N–H and O–H groups in total. The van der Waals surface area contributed by atoms with E-state index in [0.29, 0.717) is 11.5 Å². The summed E-state index contributed by atoms with van der Waals surface area (Å²) >= 11 is 4.80. The fourth-order valence-electron chi connectivity index (χ4n) is 1.09. The van der Waals surface area contributed by atoms with E-state index < -0.39 is 0 Å². The second-order valence-corrected chi connectivity index (χ2v) is 3.48. The second kappa shape index (κ2) is 4.89. The Hall–Kier alpha value is -1.00. The Kier molecular flexibility index (Phi) is 3.79. The minimum absolute atomic E-state index is 0.512. The zero-order chi connectivity index (χ0) is 9.68. The lowest BCUT2D eigenvalue weighted by molar-refractivity contribution is 0.369. The third-order valence-electron chi connectivity index (χ3n) is 1.58. The van der Waals surface area contributed by atoms with Crippen molar-refractivity contribution < 1.29 is 0 Å². The number of nitrogens with zero attached hydrogens (tertiary/aromatic N) is 2. The molecule has 1 aromatic rings. The van der Waals surface area contributed by atoms with Crippen molar-refractivity contribution in [2.45, 2.75) is 6.54 Å². The van der Waals surface area contributed by atoms with Crippen molar-refractivity contribution in [1.82, 2.24) is 9.88 Å². The number of hydrogen-bond donors (Lipinski definition) is 1. The summed E-state index contributed by atoms with van der Waals surface area (Å²) in [6.45, 7) is 1.41. The summed E-state index contributed by atoms with van der Waals surface area (Å²) in [7, 11) is 1.97. The van der Waals surface area contributed by atoms with Gasteiger partial charge in [0.2, 0.25) is 0 Å². The van der Waals surface area contributed by atoms with Crippen LogP contribution >= 0.6 is 12.2 Å². The van der Waals surface area contributed by atoms with E-state index in [9.17, 15) is 0 Å². The first-order valence-electron chi connectivity index (χ1n) is 4.05. The van der Waals surface area contributed by atoms with Crippen LogP contribution in [0.15, 0.2) is 24.4 Å². The predicted octanol–water partition coefficient (Wildman–Crippen LogP) is 0.800. The van der Waals surface area contributed by atoms with Crippen molar-refractivity contribution in [2.24, 2.45) is 5.73 Å². The Bertz CT molecular complexity index is 273. The monoisotopic (exact) mass is 195 g/mol. The minimum atomic E-state index is 0.512. The summed E-state index contributed by atoms with van der Waals surface area (Å²) < 4.78 is 0. The number of aromatic nitrogens is 1. The van der Waals surface area contributed by atoms with Crippen LogP contribution in [-0.2, 0) is 6.54 Å². The lowest BCUT2D eigenvalue weighted by atomic mass is 10.3. The molecule has 0 bridgehead atoms. The minimum Gasteiger partial charge on any atom is -0.392 e. The van der Waals surface area contributed by atoms with Gasteiger partial charge in [0.25, 0.3) is 0 Å². The van der Waals surface area contributed by atoms with Gasteiger partial charge in [-0.15, -0.1) is 0 Å². The van der Waals surface area contributed by atoms with E-state index >= 15 is 0 Å². The van der Waals surface area contributed by atoms with E-state index in [-0.39, 0.29) is 0 Å². The topological polar surface area (TPSA) is 42.1 Å². The Morgan fingerprint density at radius 1 is 1.62 bits per heavy atom. The smallest absolute Gasteiger partial charge is 0.0870 e. The molecule has 0 aliphatic heterocycles. The number of pyridine rings is 1. The number of rotatable bonds is 4. The second-order valence-electron chi connectivity index (χ2n) is 2.96. The quantitative estimate of drug-likeness (QED) is 0.722. The van der Waals surface area contributed by atoms with Gasteiger partial charge in [-0.25, -0.2) is 0 Å². The molecular formula is C9H13N3S. The zero-order valence-electron chi connectivity index (χ0n) is 7.60. The van der Waals surface area contributed by atoms with Crippen molar-refractivity contribution in [1.29, 1.82) is 0 Å². The number of hydrogen-bond acceptors (Lipinski definition) is 3. The number of nitrogens with two attached hydrogens (primary N) is 1. The molecule has 0 spiro atoms. The van der Waals surface area contributed by atoms with Crippen molar-refractivity contribution in [3.05, 3.63) is 30.1 Å². The largest absolute Gasteiger partial charge is 0.392 e. The molecule has 1 aromatic heterocycles. The highest BCUT2D eigenvalue weighted by Gasteiger charge is 2.01. The van der Waals surface area contributed by atoms with Gasteiger partial charge in [0.05, 0.1) is 10.7 Å². The first-order chi connectivity index (χ1) is 6.18. The van der Waals surface area contributed by atoms with Crippen molar-refractivity contribution in [2.75, 3.05) is 13.6 Å². The van der Waals surface area contributed by atoms with Gasteiger partial charge in [-0.05, 0) is 19.2 Å². The average molecular weight is 195 g/mol. The Morgan fingerprint density at radius 3 is 2.92 bits per heavy atom. The first kappa shape index (κ1) is 10.1. The third-order valence-corrected chi connectivity index (χ3v) is 1.71. The van der Waals surface area contributed by atoms with Crippen molar-refractivity contribution in [3.8, 4) is 0 Å². The molecule has 0 aromatic carbocycles. The lowest BCUT2D eigenvalue weighted by Crippen LogP contribution is -2.29. The molecule has 1 heterocycles. The van der Waals surface area contributed by atoms with Gasteiger partial charge >= 0.3 is 0 Å². The van der Waals surface area contributed by atoms with Crippen LogP contribution in [0, 0.1) is 0 Å². The Labute approximate surface area is 83.6 Å². The van der Waals surface area contributed by atoms with Crippen molar-refractivity contribution >= 4 is 17.2 Å². The standard InChI is InChI=1S/C9H13N3S/c1-12(7-9(10)13)6-8-4-2-3-5-11-8/h2-5H,6-7H2,1H3,(H2,10,13). The van der Waals surface area contributed by atoms with Gasteiger partial charge in [0, 0.05) is 19.3 Å². The van der Waals surface area contributed by atoms with Crippen LogP contribution in [0.25, 0.3) is 0 Å². The van der Waals surface area contributed by atoms with E-state index in [1.807, 2.05) is 30.1 Å². The number of likely N-dealkylation sites (N-methyl/N-ethyl adjacent to an activating group) is 1. The molecule has 0 aliphatic carbocycles. The van der Waals surface area contributed by atoms with Crippen LogP contribution in [0.3, 0.4) is 0 Å². The third kappa shape index (κ3) is 3.96. The average Bonchev–Trinajstić information content (AvgIpc) is 2.04. The molecule has 0 aliphatic rings. The summed E-state index contributed by atoms with van der Waals surface area (Å²) in [5.74, 6) is 0. The Balaban J connectivity index is 2.45. The molecule has 0 saturated heterocycles. The number of thiocarbonyl (C=S) groups is 1. The molecule has 0 atom stereocenters. The highest BCUT2D eigenvalue weighted by molar-refractivity contribution is 7.80. The van der Waals surface area contributed by atoms with Crippen LogP contribution in [0.5, 0.6) is 0 Å². The van der Waals surface area contributed by atoms with Gasteiger partial charge in [0.15, 0.2) is 0 Å². The SMILES string of the molecule is CN(CC(N)=S)Cc1ccccn1. The molecule has 13 heavy (non-hydrogen) atoms. The maximum Gasteiger partial charge on any atom is 0.0870 e. The summed E-state index contributed by atoms with van der Waals surface area (Å²) in [5.41, 5.74) is 6.45. The van der Waals surface area contributed by atoms with Crippen LogP contribution in [0.2, 0.25) is 0 Å². The van der Waals surface area contributed by atoms with E-state index in [1.165, 1.54) is 0 Å². The summed E-state index contributed by atoms with van der Waals surface area (Å²) in [6.07, 6.45) is 1.78. The van der Waals surface area contributed by atoms with E-state index in [0.717, 1.165) is 12.2 Å². The van der Waals surface area contributed by atoms with E-state index in [1.54, 1.807) is 6.20 Å². The van der Waals surface area contributed by atoms with Crippen LogP contribution in [0.1, 0.15) is 5.69 Å². The highest BCUT2D eigenvalue weighted by Crippen LogP contribution is 1.97. The van der Waals surface area contributed by atoms with Crippen LogP contribution in [-0.4, -0.2) is 28.5 Å². The normalized spacial score (nSPS) is 10.3. The van der Waals surface area contributed by atoms with Crippen LogP contribution < -0.4 is 5.73 Å². The molecule has 1 rings (SSSR count). The fraction of sp³-hybridized carbons (Fsp3) is 0.333. The molecule has 3 nitrogen and oxygen atoms in total. The van der Waals surface area contributed by atoms with Gasteiger partial charge < -0.3 is 5.73 Å². The summed E-state index contributed by atoms with van der Waals surface area (Å²) in [4.78, 5) is 6.75. The maximum absolute atomic E-state index is 5.42. The molecule has 70 valence electrons.